The first-order valence-electron chi connectivity index (χ1n) is 14.3. The van der Waals surface area contributed by atoms with Crippen LogP contribution in [0.25, 0.3) is 0 Å². The lowest BCUT2D eigenvalue weighted by molar-refractivity contribution is -0.251. The summed E-state index contributed by atoms with van der Waals surface area (Å²) >= 11 is 0. The fourth-order valence-electron chi connectivity index (χ4n) is 8.09. The molecule has 0 radical (unpaired) electrons. The lowest BCUT2D eigenvalue weighted by atomic mass is 9.50. The van der Waals surface area contributed by atoms with Crippen LogP contribution in [0.1, 0.15) is 47.0 Å². The molecule has 0 aromatic carbocycles. The van der Waals surface area contributed by atoms with Crippen LogP contribution in [0.4, 0.5) is 0 Å². The maximum Gasteiger partial charge on any atom is 0.338 e. The number of esters is 2. The topological polar surface area (TPSA) is 149 Å². The van der Waals surface area contributed by atoms with Crippen molar-refractivity contribution in [3.63, 3.8) is 0 Å². The highest BCUT2D eigenvalue weighted by molar-refractivity contribution is 5.82. The number of cyclic esters (lactones) is 1. The van der Waals surface area contributed by atoms with Gasteiger partial charge < -0.3 is 43.4 Å². The average molecular weight is 563 g/mol. The Labute approximate surface area is 232 Å². The quantitative estimate of drug-likeness (QED) is 0.344. The molecule has 220 valence electrons. The molecule has 40 heavy (non-hydrogen) atoms. The molecule has 13 atom stereocenters. The molecule has 11 heteroatoms. The lowest BCUT2D eigenvalue weighted by Crippen LogP contribution is -2.69. The first-order chi connectivity index (χ1) is 18.9. The Kier molecular flexibility index (Phi) is 5.80. The van der Waals surface area contributed by atoms with Crippen LogP contribution in [-0.4, -0.2) is 108 Å². The van der Waals surface area contributed by atoms with Crippen molar-refractivity contribution < 1.29 is 53.0 Å². The summed E-state index contributed by atoms with van der Waals surface area (Å²) in [5.74, 6) is -1.10. The van der Waals surface area contributed by atoms with Gasteiger partial charge in [-0.2, -0.15) is 0 Å². The highest BCUT2D eigenvalue weighted by Crippen LogP contribution is 2.75. The molecule has 5 heterocycles. The summed E-state index contributed by atoms with van der Waals surface area (Å²) in [6.45, 7) is 7.67. The zero-order chi connectivity index (χ0) is 28.3. The first kappa shape index (κ1) is 27.0. The van der Waals surface area contributed by atoms with Gasteiger partial charge in [-0.05, 0) is 33.6 Å². The van der Waals surface area contributed by atoms with Gasteiger partial charge in [-0.1, -0.05) is 25.2 Å². The van der Waals surface area contributed by atoms with Gasteiger partial charge in [-0.25, -0.2) is 9.59 Å². The highest BCUT2D eigenvalue weighted by atomic mass is 16.7. The van der Waals surface area contributed by atoms with Crippen molar-refractivity contribution in [3.8, 4) is 0 Å². The fraction of sp³-hybridized carbons (Fsp3) is 0.793. The molecule has 2 bridgehead atoms. The number of carbonyl (C=O) groups is 2. The number of hydrogen-bond donors (Lipinski definition) is 2. The van der Waals surface area contributed by atoms with E-state index in [1.165, 1.54) is 12.2 Å². The third kappa shape index (κ3) is 3.55. The summed E-state index contributed by atoms with van der Waals surface area (Å²) in [6.07, 6.45) is 2.83. The molecular weight excluding hydrogens is 524 g/mol. The molecule has 0 aromatic heterocycles. The molecule has 0 amide bonds. The van der Waals surface area contributed by atoms with Gasteiger partial charge in [0.05, 0.1) is 42.5 Å². The van der Waals surface area contributed by atoms with Crippen molar-refractivity contribution in [1.82, 2.24) is 0 Å². The van der Waals surface area contributed by atoms with Crippen molar-refractivity contribution in [1.29, 1.82) is 0 Å². The number of aliphatic hydroxyl groups excluding tert-OH is 2. The smallest absolute Gasteiger partial charge is 0.338 e. The third-order valence-electron chi connectivity index (χ3n) is 11.1. The van der Waals surface area contributed by atoms with Crippen molar-refractivity contribution in [2.45, 2.75) is 113 Å². The molecule has 6 fully saturated rings. The van der Waals surface area contributed by atoms with E-state index in [-0.39, 0.29) is 37.1 Å². The van der Waals surface area contributed by atoms with Crippen molar-refractivity contribution in [2.75, 3.05) is 19.8 Å². The largest absolute Gasteiger partial charge is 0.463 e. The van der Waals surface area contributed by atoms with Crippen LogP contribution in [0.15, 0.2) is 24.3 Å². The molecule has 2 spiro atoms. The van der Waals surface area contributed by atoms with Gasteiger partial charge in [0, 0.05) is 17.9 Å². The molecule has 5 aliphatic heterocycles. The number of carbonyl (C=O) groups excluding carboxylic acids is 2. The van der Waals surface area contributed by atoms with Gasteiger partial charge in [0.2, 0.25) is 0 Å². The minimum Gasteiger partial charge on any atom is -0.463 e. The Morgan fingerprint density at radius 3 is 2.52 bits per heavy atom. The molecule has 4 saturated heterocycles. The number of rotatable bonds is 1. The van der Waals surface area contributed by atoms with E-state index in [2.05, 4.69) is 13.8 Å². The van der Waals surface area contributed by atoms with Gasteiger partial charge in [0.15, 0.2) is 6.10 Å². The minimum atomic E-state index is -1.18. The Hall–Kier alpha value is -1.86. The van der Waals surface area contributed by atoms with Crippen molar-refractivity contribution in [2.24, 2.45) is 10.8 Å². The number of hydrogen-bond acceptors (Lipinski definition) is 11. The van der Waals surface area contributed by atoms with E-state index in [9.17, 15) is 19.8 Å². The van der Waals surface area contributed by atoms with E-state index in [1.807, 2.05) is 0 Å². The summed E-state index contributed by atoms with van der Waals surface area (Å²) in [4.78, 5) is 26.4. The van der Waals surface area contributed by atoms with Gasteiger partial charge in [-0.3, -0.25) is 0 Å². The summed E-state index contributed by atoms with van der Waals surface area (Å²) in [6, 6.07) is 0. The number of ether oxygens (including phenoxy) is 7. The summed E-state index contributed by atoms with van der Waals surface area (Å²) in [5.41, 5.74) is -3.54. The monoisotopic (exact) mass is 562 g/mol. The molecule has 0 aromatic rings. The van der Waals surface area contributed by atoms with Gasteiger partial charge >= 0.3 is 11.9 Å². The lowest BCUT2D eigenvalue weighted by Gasteiger charge is -2.58. The summed E-state index contributed by atoms with van der Waals surface area (Å²) in [7, 11) is 0. The maximum atomic E-state index is 13.4. The molecular formula is C29H38O11. The predicted molar refractivity (Wildman–Crippen MR) is 135 cm³/mol. The Balaban J connectivity index is 1.25. The number of allylic oxidation sites excluding steroid dienone is 2. The average Bonchev–Trinajstić information content (AvgIpc) is 3.81. The fourth-order valence-corrected chi connectivity index (χ4v) is 8.09. The predicted octanol–water partition coefficient (Wildman–Crippen LogP) is 0.736. The van der Waals surface area contributed by atoms with Crippen LogP contribution < -0.4 is 0 Å². The first-order valence-corrected chi connectivity index (χ1v) is 14.3. The summed E-state index contributed by atoms with van der Waals surface area (Å²) < 4.78 is 42.6. The Morgan fingerprint density at radius 2 is 1.80 bits per heavy atom. The standard InChI is InChI=1S/C29H38O11/c1-15(30)16-7-5-6-8-20(32)37-18-11-19-29(14-36-29)27(18,4)28(10-9-25(2)21(39-25)22(28)38-19)13-35-24(33)23-26(3,40-23)17(31)12-34-16/h5-8,15-19,21-23,30-31H,9-14H2,1-4H3/b7-5+,8-6+/t15-,16-,17+,18+,19+,21+,22-,23+,25+,26-,27-,28-,29+/m0/s1. The molecule has 0 unspecified atom stereocenters. The normalized spacial score (nSPS) is 57.2. The zero-order valence-corrected chi connectivity index (χ0v) is 23.2. The van der Waals surface area contributed by atoms with Crippen LogP contribution in [-0.2, 0) is 42.7 Å². The van der Waals surface area contributed by atoms with Gasteiger partial charge in [0.25, 0.3) is 0 Å². The SMILES string of the molecule is C[C@H](O)[C@@H]1/C=C/C=C/C(=O)O[C@@H]2C[C@H]3O[C@H]4[C@H]5O[C@]5(C)CC[C@@]4(COC(=O)[C@H]4O[C@@]4(C)[C@H](O)CO1)[C@@]2(C)[C@@]31CO1. The van der Waals surface area contributed by atoms with Crippen LogP contribution >= 0.6 is 0 Å². The van der Waals surface area contributed by atoms with Gasteiger partial charge in [-0.15, -0.1) is 0 Å². The van der Waals surface area contributed by atoms with Crippen LogP contribution in [0.2, 0.25) is 0 Å². The second-order valence-electron chi connectivity index (χ2n) is 13.2. The number of epoxide rings is 3. The summed E-state index contributed by atoms with van der Waals surface area (Å²) in [5, 5.41) is 20.9. The Bertz CT molecular complexity index is 1160. The van der Waals surface area contributed by atoms with Crippen LogP contribution in [0.3, 0.4) is 0 Å². The molecule has 2 N–H and O–H groups in total. The van der Waals surface area contributed by atoms with Crippen molar-refractivity contribution in [3.05, 3.63) is 24.3 Å². The van der Waals surface area contributed by atoms with E-state index < -0.39 is 64.5 Å². The number of aliphatic hydroxyl groups is 2. The minimum absolute atomic E-state index is 0.0139. The van der Waals surface area contributed by atoms with E-state index in [1.54, 1.807) is 26.0 Å². The molecule has 11 nitrogen and oxygen atoms in total. The second-order valence-corrected chi connectivity index (χ2v) is 13.2. The molecule has 2 saturated carbocycles. The van der Waals surface area contributed by atoms with E-state index in [0.717, 1.165) is 6.42 Å². The van der Waals surface area contributed by atoms with Crippen LogP contribution in [0, 0.1) is 10.8 Å². The molecule has 2 aliphatic carbocycles. The van der Waals surface area contributed by atoms with E-state index >= 15 is 0 Å². The highest BCUT2D eigenvalue weighted by Gasteiger charge is 2.86. The van der Waals surface area contributed by atoms with Crippen LogP contribution in [0.5, 0.6) is 0 Å². The van der Waals surface area contributed by atoms with E-state index in [0.29, 0.717) is 19.4 Å². The molecule has 7 aliphatic rings. The van der Waals surface area contributed by atoms with Gasteiger partial charge in [0.1, 0.15) is 42.2 Å². The maximum absolute atomic E-state index is 13.4. The van der Waals surface area contributed by atoms with Crippen molar-refractivity contribution >= 4 is 11.9 Å². The molecule has 7 rings (SSSR count). The third-order valence-corrected chi connectivity index (χ3v) is 11.1. The zero-order valence-electron chi connectivity index (χ0n) is 23.2. The van der Waals surface area contributed by atoms with E-state index in [4.69, 9.17) is 33.2 Å². The Morgan fingerprint density at radius 1 is 1.02 bits per heavy atom. The number of fused-ring (bicyclic) bond motifs is 3. The second kappa shape index (κ2) is 8.59.